The maximum atomic E-state index is 13.9. The van der Waals surface area contributed by atoms with Crippen molar-refractivity contribution < 1.29 is 23.8 Å². The molecule has 0 aliphatic heterocycles. The zero-order chi connectivity index (χ0) is 26.0. The summed E-state index contributed by atoms with van der Waals surface area (Å²) in [6, 6.07) is 1.69. The molecule has 35 heavy (non-hydrogen) atoms. The number of hydrogen-bond donors (Lipinski definition) is 1. The minimum Gasteiger partial charge on any atom is -0.477 e. The first-order valence-electron chi connectivity index (χ1n) is 12.7. The standard InChI is InChI=1S/C27H40NO5PS/c1-18-7-9-19(10-8-18)25(29)28(20-11-13-21(14-12-20)33-34(5,6)32)23-17-22(15-16-27(2,3)4)35-24(23)26(30)31/h17-21H,7-14H2,1-6H3,(H,30,31). The monoisotopic (exact) mass is 521 g/mol. The summed E-state index contributed by atoms with van der Waals surface area (Å²) < 4.78 is 17.9. The van der Waals surface area contributed by atoms with Crippen LogP contribution in [0.3, 0.4) is 0 Å². The van der Waals surface area contributed by atoms with Gasteiger partial charge in [-0.3, -0.25) is 9.36 Å². The Labute approximate surface area is 214 Å². The molecule has 2 aliphatic carbocycles. The summed E-state index contributed by atoms with van der Waals surface area (Å²) in [6.07, 6.45) is 6.41. The van der Waals surface area contributed by atoms with Gasteiger partial charge in [0.05, 0.1) is 16.7 Å². The molecule has 2 fully saturated rings. The van der Waals surface area contributed by atoms with Crippen LogP contribution in [0.4, 0.5) is 5.69 Å². The Morgan fingerprint density at radius 1 is 1.09 bits per heavy atom. The van der Waals surface area contributed by atoms with Gasteiger partial charge in [-0.15, -0.1) is 11.3 Å². The Hall–Kier alpha value is -1.61. The molecular formula is C27H40NO5PS. The van der Waals surface area contributed by atoms with E-state index in [9.17, 15) is 19.3 Å². The molecule has 1 aromatic heterocycles. The van der Waals surface area contributed by atoms with E-state index >= 15 is 0 Å². The Morgan fingerprint density at radius 3 is 2.20 bits per heavy atom. The quantitative estimate of drug-likeness (QED) is 0.326. The predicted octanol–water partition coefficient (Wildman–Crippen LogP) is 6.87. The molecule has 0 spiro atoms. The minimum atomic E-state index is -2.59. The Balaban J connectivity index is 1.95. The third kappa shape index (κ3) is 7.94. The molecule has 0 radical (unpaired) electrons. The van der Waals surface area contributed by atoms with Gasteiger partial charge in [-0.1, -0.05) is 18.8 Å². The molecule has 2 aliphatic rings. The van der Waals surface area contributed by atoms with Crippen molar-refractivity contribution >= 4 is 36.3 Å². The minimum absolute atomic E-state index is 0.0357. The molecule has 0 saturated heterocycles. The summed E-state index contributed by atoms with van der Waals surface area (Å²) >= 11 is 1.14. The second kappa shape index (κ2) is 11.2. The fraction of sp³-hybridized carbons (Fsp3) is 0.704. The van der Waals surface area contributed by atoms with Gasteiger partial charge >= 0.3 is 5.97 Å². The molecular weight excluding hydrogens is 481 g/mol. The molecule has 0 aromatic carbocycles. The van der Waals surface area contributed by atoms with E-state index in [1.807, 2.05) is 20.8 Å². The number of amides is 1. The highest BCUT2D eigenvalue weighted by Crippen LogP contribution is 2.44. The number of nitrogens with zero attached hydrogens (tertiary/aromatic N) is 1. The van der Waals surface area contributed by atoms with Crippen molar-refractivity contribution in [3.63, 3.8) is 0 Å². The number of carboxylic acid groups (broad SMARTS) is 1. The van der Waals surface area contributed by atoms with E-state index in [-0.39, 0.29) is 34.3 Å². The number of hydrogen-bond acceptors (Lipinski definition) is 5. The lowest BCUT2D eigenvalue weighted by Gasteiger charge is -2.39. The summed E-state index contributed by atoms with van der Waals surface area (Å²) in [7, 11) is -2.59. The number of carbonyl (C=O) groups excluding carboxylic acids is 1. The smallest absolute Gasteiger partial charge is 0.348 e. The molecule has 1 aromatic rings. The van der Waals surface area contributed by atoms with Crippen LogP contribution in [0.15, 0.2) is 6.07 Å². The Bertz CT molecular complexity index is 1020. The molecule has 2 saturated carbocycles. The van der Waals surface area contributed by atoms with Crippen LogP contribution in [0.25, 0.3) is 0 Å². The van der Waals surface area contributed by atoms with E-state index < -0.39 is 13.3 Å². The molecule has 6 nitrogen and oxygen atoms in total. The molecule has 1 heterocycles. The molecule has 0 atom stereocenters. The topological polar surface area (TPSA) is 83.9 Å². The zero-order valence-electron chi connectivity index (χ0n) is 21.9. The highest BCUT2D eigenvalue weighted by molar-refractivity contribution is 7.57. The number of rotatable bonds is 6. The summed E-state index contributed by atoms with van der Waals surface area (Å²) in [5.74, 6) is 5.85. The fourth-order valence-corrected chi connectivity index (χ4v) is 6.76. The molecule has 1 N–H and O–H groups in total. The van der Waals surface area contributed by atoms with E-state index in [2.05, 4.69) is 18.8 Å². The summed E-state index contributed by atoms with van der Waals surface area (Å²) in [4.78, 5) is 28.8. The van der Waals surface area contributed by atoms with Crippen molar-refractivity contribution in [1.29, 1.82) is 0 Å². The molecule has 0 bridgehead atoms. The zero-order valence-corrected chi connectivity index (χ0v) is 23.6. The molecule has 0 unspecified atom stereocenters. The first-order valence-corrected chi connectivity index (χ1v) is 16.0. The lowest BCUT2D eigenvalue weighted by atomic mass is 9.81. The van der Waals surface area contributed by atoms with Crippen LogP contribution in [0.5, 0.6) is 0 Å². The Morgan fingerprint density at radius 2 is 1.69 bits per heavy atom. The SMILES string of the molecule is CC1CCC(C(=O)N(c2cc(C#CC(C)(C)C)sc2C(=O)O)C2CCC(OP(C)(C)=O)CC2)CC1. The van der Waals surface area contributed by atoms with E-state index in [1.165, 1.54) is 0 Å². The van der Waals surface area contributed by atoms with Gasteiger partial charge in [0.2, 0.25) is 5.91 Å². The average Bonchev–Trinajstić information content (AvgIpc) is 3.17. The van der Waals surface area contributed by atoms with E-state index in [0.717, 1.165) is 37.0 Å². The fourth-order valence-electron chi connectivity index (χ4n) is 4.99. The lowest BCUT2D eigenvalue weighted by molar-refractivity contribution is -0.124. The number of anilines is 1. The molecule has 194 valence electrons. The largest absolute Gasteiger partial charge is 0.477 e. The van der Waals surface area contributed by atoms with Crippen LogP contribution in [0, 0.1) is 29.1 Å². The van der Waals surface area contributed by atoms with Crippen LogP contribution < -0.4 is 4.90 Å². The van der Waals surface area contributed by atoms with E-state index in [0.29, 0.717) is 42.2 Å². The summed E-state index contributed by atoms with van der Waals surface area (Å²) in [5.41, 5.74) is 0.267. The first-order chi connectivity index (χ1) is 16.2. The maximum absolute atomic E-state index is 13.9. The number of aromatic carboxylic acids is 1. The van der Waals surface area contributed by atoms with Crippen molar-refractivity contribution in [2.24, 2.45) is 17.3 Å². The van der Waals surface area contributed by atoms with Crippen molar-refractivity contribution in [1.82, 2.24) is 0 Å². The van der Waals surface area contributed by atoms with Crippen molar-refractivity contribution in [2.75, 3.05) is 18.2 Å². The third-order valence-corrected chi connectivity index (χ3v) is 8.57. The number of carbonyl (C=O) groups is 2. The van der Waals surface area contributed by atoms with Gasteiger partial charge in [0.15, 0.2) is 7.37 Å². The second-order valence-corrected chi connectivity index (χ2v) is 15.4. The highest BCUT2D eigenvalue weighted by atomic mass is 32.1. The number of carboxylic acids is 1. The second-order valence-electron chi connectivity index (χ2n) is 11.6. The van der Waals surface area contributed by atoms with Gasteiger partial charge in [0.25, 0.3) is 0 Å². The van der Waals surface area contributed by atoms with E-state index in [4.69, 9.17) is 4.52 Å². The van der Waals surface area contributed by atoms with Crippen molar-refractivity contribution in [3.05, 3.63) is 15.8 Å². The van der Waals surface area contributed by atoms with Crippen molar-refractivity contribution in [3.8, 4) is 11.8 Å². The van der Waals surface area contributed by atoms with Gasteiger partial charge in [-0.2, -0.15) is 0 Å². The Kier molecular flexibility index (Phi) is 8.95. The number of thiophene rings is 1. The van der Waals surface area contributed by atoms with Crippen LogP contribution in [0.2, 0.25) is 0 Å². The lowest BCUT2D eigenvalue weighted by Crippen LogP contribution is -2.47. The van der Waals surface area contributed by atoms with Crippen molar-refractivity contribution in [2.45, 2.75) is 91.2 Å². The van der Waals surface area contributed by atoms with Gasteiger partial charge in [0, 0.05) is 30.7 Å². The summed E-state index contributed by atoms with van der Waals surface area (Å²) in [5, 5.41) is 10.0. The van der Waals surface area contributed by atoms with Crippen LogP contribution in [0.1, 0.15) is 93.6 Å². The molecule has 1 amide bonds. The normalized spacial score (nSPS) is 25.4. The maximum Gasteiger partial charge on any atom is 0.348 e. The van der Waals surface area contributed by atoms with Gasteiger partial charge in [-0.25, -0.2) is 4.79 Å². The van der Waals surface area contributed by atoms with E-state index in [1.54, 1.807) is 24.3 Å². The average molecular weight is 522 g/mol. The molecule has 3 rings (SSSR count). The van der Waals surface area contributed by atoms with Crippen LogP contribution in [-0.4, -0.2) is 42.5 Å². The van der Waals surface area contributed by atoms with Gasteiger partial charge < -0.3 is 14.5 Å². The summed E-state index contributed by atoms with van der Waals surface area (Å²) in [6.45, 7) is 11.5. The highest BCUT2D eigenvalue weighted by Gasteiger charge is 2.38. The first kappa shape index (κ1) is 28.0. The van der Waals surface area contributed by atoms with Gasteiger partial charge in [-0.05, 0) is 84.1 Å². The van der Waals surface area contributed by atoms with Crippen LogP contribution in [-0.2, 0) is 13.9 Å². The molecule has 8 heteroatoms. The van der Waals surface area contributed by atoms with Crippen LogP contribution >= 0.6 is 18.7 Å². The third-order valence-electron chi connectivity index (χ3n) is 6.74. The predicted molar refractivity (Wildman–Crippen MR) is 143 cm³/mol. The van der Waals surface area contributed by atoms with Gasteiger partial charge in [0.1, 0.15) is 4.88 Å².